The van der Waals surface area contributed by atoms with E-state index in [1.54, 1.807) is 0 Å². The number of aryl methyl sites for hydroxylation is 2. The first-order valence-corrected chi connectivity index (χ1v) is 10.9. The van der Waals surface area contributed by atoms with Crippen LogP contribution in [0.4, 0.5) is 5.69 Å². The fourth-order valence-corrected chi connectivity index (χ4v) is 4.22. The van der Waals surface area contributed by atoms with Gasteiger partial charge in [0.2, 0.25) is 5.91 Å². The number of thioether (sulfide) groups is 1. The van der Waals surface area contributed by atoms with Crippen molar-refractivity contribution in [1.29, 1.82) is 0 Å². The van der Waals surface area contributed by atoms with E-state index in [1.807, 2.05) is 85.3 Å². The topological polar surface area (TPSA) is 59.8 Å². The lowest BCUT2D eigenvalue weighted by Crippen LogP contribution is -2.19. The summed E-state index contributed by atoms with van der Waals surface area (Å²) in [5, 5.41) is 12.0. The van der Waals surface area contributed by atoms with Crippen LogP contribution in [0, 0.1) is 13.8 Å². The maximum absolute atomic E-state index is 13.2. The van der Waals surface area contributed by atoms with E-state index in [1.165, 1.54) is 17.3 Å². The number of nitrogens with zero attached hydrogens (tertiary/aromatic N) is 3. The molecule has 1 aromatic heterocycles. The van der Waals surface area contributed by atoms with Gasteiger partial charge in [0, 0.05) is 18.3 Å². The Morgan fingerprint density at radius 1 is 0.871 bits per heavy atom. The van der Waals surface area contributed by atoms with E-state index in [9.17, 15) is 4.79 Å². The first kappa shape index (κ1) is 20.9. The normalized spacial score (nSPS) is 11.8. The minimum Gasteiger partial charge on any atom is -0.325 e. The molecule has 0 aliphatic carbocycles. The quantitative estimate of drug-likeness (QED) is 0.408. The fourth-order valence-electron chi connectivity index (χ4n) is 3.22. The number of hydrogen-bond acceptors (Lipinski definition) is 4. The summed E-state index contributed by atoms with van der Waals surface area (Å²) in [5.74, 6) is 0.674. The first-order chi connectivity index (χ1) is 15.0. The molecule has 4 aromatic rings. The van der Waals surface area contributed by atoms with Crippen LogP contribution in [0.3, 0.4) is 0 Å². The summed E-state index contributed by atoms with van der Waals surface area (Å²) in [7, 11) is 1.93. The molecule has 156 valence electrons. The molecule has 0 bridgehead atoms. The van der Waals surface area contributed by atoms with E-state index in [0.717, 1.165) is 28.2 Å². The van der Waals surface area contributed by atoms with E-state index < -0.39 is 5.25 Å². The summed E-state index contributed by atoms with van der Waals surface area (Å²) in [6.07, 6.45) is 0. The van der Waals surface area contributed by atoms with Crippen molar-refractivity contribution in [1.82, 2.24) is 14.8 Å². The van der Waals surface area contributed by atoms with Crippen LogP contribution in [0.2, 0.25) is 0 Å². The molecule has 31 heavy (non-hydrogen) atoms. The molecule has 0 fully saturated rings. The Morgan fingerprint density at radius 2 is 1.48 bits per heavy atom. The largest absolute Gasteiger partial charge is 0.325 e. The molecule has 1 heterocycles. The summed E-state index contributed by atoms with van der Waals surface area (Å²) < 4.78 is 1.93. The number of rotatable bonds is 6. The van der Waals surface area contributed by atoms with Crippen molar-refractivity contribution >= 4 is 23.4 Å². The van der Waals surface area contributed by atoms with Gasteiger partial charge in [0.25, 0.3) is 0 Å². The van der Waals surface area contributed by atoms with Crippen molar-refractivity contribution < 1.29 is 4.79 Å². The van der Waals surface area contributed by atoms with Crippen LogP contribution in [0.25, 0.3) is 11.4 Å². The maximum Gasteiger partial charge on any atom is 0.242 e. The fraction of sp³-hybridized carbons (Fsp3) is 0.160. The van der Waals surface area contributed by atoms with E-state index in [2.05, 4.69) is 34.6 Å². The highest BCUT2D eigenvalue weighted by atomic mass is 32.2. The Labute approximate surface area is 186 Å². The lowest BCUT2D eigenvalue weighted by Gasteiger charge is -2.17. The minimum absolute atomic E-state index is 0.0973. The van der Waals surface area contributed by atoms with Gasteiger partial charge in [-0.05, 0) is 31.5 Å². The van der Waals surface area contributed by atoms with Crippen molar-refractivity contribution in [3.8, 4) is 11.4 Å². The smallest absolute Gasteiger partial charge is 0.242 e. The SMILES string of the molecule is Cc1ccc(NC(=O)C(Sc2nnc(-c3ccc(C)cc3)n2C)c2ccccc2)cc1. The molecule has 0 saturated carbocycles. The molecule has 0 saturated heterocycles. The predicted molar refractivity (Wildman–Crippen MR) is 126 cm³/mol. The number of benzene rings is 3. The third kappa shape index (κ3) is 4.86. The van der Waals surface area contributed by atoms with Crippen molar-refractivity contribution in [3.63, 3.8) is 0 Å². The Bertz CT molecular complexity index is 1170. The second-order valence-electron chi connectivity index (χ2n) is 7.50. The molecule has 0 spiro atoms. The Kier molecular flexibility index (Phi) is 6.18. The van der Waals surface area contributed by atoms with Crippen LogP contribution in [0.5, 0.6) is 0 Å². The van der Waals surface area contributed by atoms with Crippen LogP contribution in [-0.2, 0) is 11.8 Å². The van der Waals surface area contributed by atoms with Gasteiger partial charge in [-0.1, -0.05) is 89.6 Å². The van der Waals surface area contributed by atoms with Gasteiger partial charge >= 0.3 is 0 Å². The van der Waals surface area contributed by atoms with E-state index in [0.29, 0.717) is 5.16 Å². The standard InChI is InChI=1S/C25H24N4OS/c1-17-9-13-20(14-10-17)23-27-28-25(29(23)3)31-22(19-7-5-4-6-8-19)24(30)26-21-15-11-18(2)12-16-21/h4-16,22H,1-3H3,(H,26,30). The summed E-state index contributed by atoms with van der Waals surface area (Å²) in [6.45, 7) is 4.08. The molecule has 1 atom stereocenters. The lowest BCUT2D eigenvalue weighted by atomic mass is 10.1. The summed E-state index contributed by atoms with van der Waals surface area (Å²) >= 11 is 1.39. The Hall–Kier alpha value is -3.38. The Morgan fingerprint density at radius 3 is 2.13 bits per heavy atom. The van der Waals surface area contributed by atoms with Gasteiger partial charge in [0.05, 0.1) is 0 Å². The van der Waals surface area contributed by atoms with Gasteiger partial charge in [-0.2, -0.15) is 0 Å². The molecule has 1 unspecified atom stereocenters. The van der Waals surface area contributed by atoms with Crippen molar-refractivity contribution in [2.75, 3.05) is 5.32 Å². The highest BCUT2D eigenvalue weighted by molar-refractivity contribution is 8.00. The molecule has 3 aromatic carbocycles. The second-order valence-corrected chi connectivity index (χ2v) is 8.57. The zero-order valence-electron chi connectivity index (χ0n) is 17.7. The average Bonchev–Trinajstić information content (AvgIpc) is 3.15. The van der Waals surface area contributed by atoms with Crippen LogP contribution in [0.15, 0.2) is 84.0 Å². The monoisotopic (exact) mass is 428 g/mol. The number of hydrogen-bond donors (Lipinski definition) is 1. The molecule has 5 nitrogen and oxygen atoms in total. The zero-order valence-corrected chi connectivity index (χ0v) is 18.6. The van der Waals surface area contributed by atoms with E-state index in [-0.39, 0.29) is 5.91 Å². The number of carbonyl (C=O) groups excluding carboxylic acids is 1. The number of nitrogens with one attached hydrogen (secondary N) is 1. The number of anilines is 1. The summed E-state index contributed by atoms with van der Waals surface area (Å²) in [4.78, 5) is 13.2. The molecular formula is C25H24N4OS. The molecule has 4 rings (SSSR count). The van der Waals surface area contributed by atoms with Crippen molar-refractivity contribution in [2.24, 2.45) is 7.05 Å². The number of aromatic nitrogens is 3. The third-order valence-corrected chi connectivity index (χ3v) is 6.32. The first-order valence-electron chi connectivity index (χ1n) is 10.1. The van der Waals surface area contributed by atoms with Crippen molar-refractivity contribution in [3.05, 3.63) is 95.6 Å². The summed E-state index contributed by atoms with van der Waals surface area (Å²) in [5.41, 5.74) is 5.02. The van der Waals surface area contributed by atoms with Crippen LogP contribution >= 0.6 is 11.8 Å². The van der Waals surface area contributed by atoms with Gasteiger partial charge < -0.3 is 9.88 Å². The molecule has 1 amide bonds. The molecular weight excluding hydrogens is 404 g/mol. The highest BCUT2D eigenvalue weighted by Gasteiger charge is 2.25. The minimum atomic E-state index is -0.462. The summed E-state index contributed by atoms with van der Waals surface area (Å²) in [6, 6.07) is 25.7. The van der Waals surface area contributed by atoms with Crippen LogP contribution in [0.1, 0.15) is 21.9 Å². The highest BCUT2D eigenvalue weighted by Crippen LogP contribution is 2.36. The molecule has 1 N–H and O–H groups in total. The molecule has 0 radical (unpaired) electrons. The van der Waals surface area contributed by atoms with E-state index in [4.69, 9.17) is 0 Å². The Balaban J connectivity index is 1.62. The zero-order chi connectivity index (χ0) is 21.8. The predicted octanol–water partition coefficient (Wildman–Crippen LogP) is 5.57. The van der Waals surface area contributed by atoms with Crippen molar-refractivity contribution in [2.45, 2.75) is 24.3 Å². The lowest BCUT2D eigenvalue weighted by molar-refractivity contribution is -0.115. The average molecular weight is 429 g/mol. The maximum atomic E-state index is 13.2. The van der Waals surface area contributed by atoms with Crippen LogP contribution in [-0.4, -0.2) is 20.7 Å². The molecule has 0 aliphatic rings. The van der Waals surface area contributed by atoms with Gasteiger partial charge in [-0.15, -0.1) is 10.2 Å². The van der Waals surface area contributed by atoms with Crippen LogP contribution < -0.4 is 5.32 Å². The number of amides is 1. The van der Waals surface area contributed by atoms with Gasteiger partial charge in [0.15, 0.2) is 11.0 Å². The molecule has 6 heteroatoms. The third-order valence-electron chi connectivity index (χ3n) is 5.03. The van der Waals surface area contributed by atoms with E-state index >= 15 is 0 Å². The van der Waals surface area contributed by atoms with Gasteiger partial charge in [0.1, 0.15) is 5.25 Å². The van der Waals surface area contributed by atoms with Gasteiger partial charge in [-0.25, -0.2) is 0 Å². The second kappa shape index (κ2) is 9.18. The molecule has 0 aliphatic heterocycles. The van der Waals surface area contributed by atoms with Gasteiger partial charge in [-0.3, -0.25) is 4.79 Å². The number of carbonyl (C=O) groups is 1.